The molecule has 1 aliphatic carbocycles. The second kappa shape index (κ2) is 14.0. The van der Waals surface area contributed by atoms with E-state index in [2.05, 4.69) is 33.8 Å². The average molecular weight is 546 g/mol. The molecule has 8 heteroatoms. The third-order valence-corrected chi connectivity index (χ3v) is 7.12. The molecule has 1 amide bonds. The van der Waals surface area contributed by atoms with Gasteiger partial charge in [-0.1, -0.05) is 27.7 Å². The quantitative estimate of drug-likeness (QED) is 0.236. The van der Waals surface area contributed by atoms with Gasteiger partial charge in [-0.05, 0) is 74.9 Å². The number of ether oxygens (including phenoxy) is 1. The van der Waals surface area contributed by atoms with E-state index in [0.717, 1.165) is 68.4 Å². The predicted molar refractivity (Wildman–Crippen MR) is 157 cm³/mol. The summed E-state index contributed by atoms with van der Waals surface area (Å²) in [7, 11) is 0. The van der Waals surface area contributed by atoms with Gasteiger partial charge in [-0.25, -0.2) is 14.4 Å². The van der Waals surface area contributed by atoms with Crippen LogP contribution in [-0.2, 0) is 4.79 Å². The highest BCUT2D eigenvalue weighted by Crippen LogP contribution is 2.30. The van der Waals surface area contributed by atoms with Gasteiger partial charge in [0.25, 0.3) is 0 Å². The van der Waals surface area contributed by atoms with E-state index in [-0.39, 0.29) is 17.8 Å². The summed E-state index contributed by atoms with van der Waals surface area (Å²) < 4.78 is 19.6. The summed E-state index contributed by atoms with van der Waals surface area (Å²) in [5, 5.41) is 0. The second-order valence-electron chi connectivity index (χ2n) is 9.98. The predicted octanol–water partition coefficient (Wildman–Crippen LogP) is 7.44. The van der Waals surface area contributed by atoms with E-state index in [1.165, 1.54) is 12.1 Å². The minimum Gasteiger partial charge on any atom is -0.474 e. The van der Waals surface area contributed by atoms with Crippen LogP contribution in [0.25, 0.3) is 33.7 Å². The van der Waals surface area contributed by atoms with Crippen molar-refractivity contribution < 1.29 is 13.9 Å². The zero-order valence-electron chi connectivity index (χ0n) is 24.0. The fourth-order valence-corrected chi connectivity index (χ4v) is 5.15. The lowest BCUT2D eigenvalue weighted by Crippen LogP contribution is -2.39. The number of amides is 1. The summed E-state index contributed by atoms with van der Waals surface area (Å²) in [6.45, 7) is 9.93. The van der Waals surface area contributed by atoms with E-state index >= 15 is 0 Å². The van der Waals surface area contributed by atoms with Gasteiger partial charge in [-0.2, -0.15) is 0 Å². The molecule has 4 aromatic rings. The van der Waals surface area contributed by atoms with E-state index in [4.69, 9.17) is 4.74 Å². The standard InChI is InChI=1S/C30H34FN5O2.C2H6/c1-3-15-36(16-4-2)30(37)20-5-10-24(11-6-20)38-28-14-8-21(18-33-28)25-12-7-22(19-32-25)29-34-26-13-9-23(31)17-27(26)35-29;1-2/h7-9,12-14,17-20,24H,3-6,10-11,15-16H2,1-2H3,(H,34,35);1-2H3. The molecule has 3 aromatic heterocycles. The minimum absolute atomic E-state index is 0.0814. The highest BCUT2D eigenvalue weighted by Gasteiger charge is 2.30. The van der Waals surface area contributed by atoms with Gasteiger partial charge in [0.1, 0.15) is 17.7 Å². The van der Waals surface area contributed by atoms with E-state index < -0.39 is 0 Å². The van der Waals surface area contributed by atoms with E-state index in [0.29, 0.717) is 28.6 Å². The third-order valence-electron chi connectivity index (χ3n) is 7.12. The first-order chi connectivity index (χ1) is 19.5. The summed E-state index contributed by atoms with van der Waals surface area (Å²) in [6.07, 6.45) is 9.04. The number of H-pyrrole nitrogens is 1. The topological polar surface area (TPSA) is 84.0 Å². The van der Waals surface area contributed by atoms with Gasteiger partial charge < -0.3 is 14.6 Å². The molecular formula is C32H40FN5O2. The number of rotatable bonds is 9. The molecule has 0 bridgehead atoms. The van der Waals surface area contributed by atoms with Crippen LogP contribution in [0.4, 0.5) is 4.39 Å². The number of halogens is 1. The third kappa shape index (κ3) is 7.03. The molecule has 3 heterocycles. The Morgan fingerprint density at radius 3 is 2.27 bits per heavy atom. The number of imidazole rings is 1. The molecule has 212 valence electrons. The Labute approximate surface area is 236 Å². The maximum atomic E-state index is 13.5. The van der Waals surface area contributed by atoms with Gasteiger partial charge >= 0.3 is 0 Å². The Morgan fingerprint density at radius 2 is 1.65 bits per heavy atom. The molecule has 0 spiro atoms. The summed E-state index contributed by atoms with van der Waals surface area (Å²) >= 11 is 0. The first-order valence-corrected chi connectivity index (χ1v) is 14.6. The van der Waals surface area contributed by atoms with Crippen LogP contribution in [0.3, 0.4) is 0 Å². The Morgan fingerprint density at radius 1 is 0.950 bits per heavy atom. The molecule has 5 rings (SSSR count). The summed E-state index contributed by atoms with van der Waals surface area (Å²) in [5.41, 5.74) is 3.86. The van der Waals surface area contributed by atoms with Crippen molar-refractivity contribution in [3.05, 3.63) is 60.7 Å². The Kier molecular flexibility index (Phi) is 10.2. The van der Waals surface area contributed by atoms with E-state index in [1.54, 1.807) is 18.5 Å². The molecule has 1 aromatic carbocycles. The van der Waals surface area contributed by atoms with Gasteiger partial charge in [-0.3, -0.25) is 9.78 Å². The molecule has 0 radical (unpaired) electrons. The molecular weight excluding hydrogens is 505 g/mol. The lowest BCUT2D eigenvalue weighted by Gasteiger charge is -2.32. The minimum atomic E-state index is -0.301. The fourth-order valence-electron chi connectivity index (χ4n) is 5.15. The van der Waals surface area contributed by atoms with Crippen molar-refractivity contribution in [2.75, 3.05) is 13.1 Å². The lowest BCUT2D eigenvalue weighted by atomic mass is 9.86. The molecule has 1 fully saturated rings. The van der Waals surface area contributed by atoms with Gasteiger partial charge in [0.15, 0.2) is 0 Å². The highest BCUT2D eigenvalue weighted by molar-refractivity contribution is 5.80. The number of fused-ring (bicyclic) bond motifs is 1. The normalized spacial score (nSPS) is 16.7. The van der Waals surface area contributed by atoms with Crippen molar-refractivity contribution in [2.45, 2.75) is 72.3 Å². The van der Waals surface area contributed by atoms with Crippen molar-refractivity contribution in [2.24, 2.45) is 5.92 Å². The van der Waals surface area contributed by atoms with Crippen LogP contribution < -0.4 is 4.74 Å². The molecule has 0 aliphatic heterocycles. The number of pyridine rings is 2. The molecule has 1 saturated carbocycles. The maximum Gasteiger partial charge on any atom is 0.225 e. The molecule has 1 aliphatic rings. The fraction of sp³-hybridized carbons (Fsp3) is 0.438. The molecule has 1 N–H and O–H groups in total. The van der Waals surface area contributed by atoms with Crippen molar-refractivity contribution in [3.8, 4) is 28.5 Å². The molecule has 0 saturated heterocycles. The first kappa shape index (κ1) is 29.2. The first-order valence-electron chi connectivity index (χ1n) is 14.6. The smallest absolute Gasteiger partial charge is 0.225 e. The Balaban J connectivity index is 0.00000181. The summed E-state index contributed by atoms with van der Waals surface area (Å²) in [5.74, 6) is 1.35. The number of carbonyl (C=O) groups excluding carboxylic acids is 1. The van der Waals surface area contributed by atoms with Crippen LogP contribution in [0.1, 0.15) is 66.2 Å². The zero-order valence-corrected chi connectivity index (χ0v) is 24.0. The van der Waals surface area contributed by atoms with Crippen LogP contribution in [-0.4, -0.2) is 49.9 Å². The van der Waals surface area contributed by atoms with Crippen molar-refractivity contribution in [3.63, 3.8) is 0 Å². The number of hydrogen-bond donors (Lipinski definition) is 1. The largest absolute Gasteiger partial charge is 0.474 e. The number of aromatic amines is 1. The zero-order chi connectivity index (χ0) is 28.5. The van der Waals surface area contributed by atoms with Crippen LogP contribution in [0.2, 0.25) is 0 Å². The van der Waals surface area contributed by atoms with E-state index in [1.807, 2.05) is 43.0 Å². The van der Waals surface area contributed by atoms with Gasteiger partial charge in [-0.15, -0.1) is 0 Å². The molecule has 0 atom stereocenters. The Bertz CT molecular complexity index is 1360. The summed E-state index contributed by atoms with van der Waals surface area (Å²) in [4.78, 5) is 31.7. The molecule has 7 nitrogen and oxygen atoms in total. The number of benzene rings is 1. The van der Waals surface area contributed by atoms with Gasteiger partial charge in [0, 0.05) is 48.6 Å². The van der Waals surface area contributed by atoms with Crippen LogP contribution in [0.15, 0.2) is 54.9 Å². The molecule has 40 heavy (non-hydrogen) atoms. The number of aromatic nitrogens is 4. The van der Waals surface area contributed by atoms with Crippen molar-refractivity contribution in [1.82, 2.24) is 24.8 Å². The number of carbonyl (C=O) groups is 1. The Hall–Kier alpha value is -3.81. The van der Waals surface area contributed by atoms with Gasteiger partial charge in [0.05, 0.1) is 16.7 Å². The van der Waals surface area contributed by atoms with Crippen molar-refractivity contribution >= 4 is 16.9 Å². The monoisotopic (exact) mass is 545 g/mol. The second-order valence-corrected chi connectivity index (χ2v) is 9.98. The molecule has 0 unspecified atom stereocenters. The number of nitrogens with zero attached hydrogens (tertiary/aromatic N) is 4. The average Bonchev–Trinajstić information content (AvgIpc) is 3.42. The number of hydrogen-bond acceptors (Lipinski definition) is 5. The summed E-state index contributed by atoms with van der Waals surface area (Å²) in [6, 6.07) is 12.2. The number of nitrogens with one attached hydrogen (secondary N) is 1. The lowest BCUT2D eigenvalue weighted by molar-refractivity contribution is -0.137. The van der Waals surface area contributed by atoms with Crippen LogP contribution >= 0.6 is 0 Å². The highest BCUT2D eigenvalue weighted by atomic mass is 19.1. The maximum absolute atomic E-state index is 13.5. The SMILES string of the molecule is CC.CCCN(CCC)C(=O)C1CCC(Oc2ccc(-c3ccc(-c4nc5ccc(F)cc5[nH]4)cn3)cn2)CC1. The van der Waals surface area contributed by atoms with Gasteiger partial charge in [0.2, 0.25) is 11.8 Å². The van der Waals surface area contributed by atoms with Crippen LogP contribution in [0, 0.1) is 11.7 Å². The van der Waals surface area contributed by atoms with Crippen LogP contribution in [0.5, 0.6) is 5.88 Å². The van der Waals surface area contributed by atoms with Crippen molar-refractivity contribution in [1.29, 1.82) is 0 Å². The van der Waals surface area contributed by atoms with E-state index in [9.17, 15) is 9.18 Å².